The third-order valence-electron chi connectivity index (χ3n) is 2.00. The molecule has 1 aromatic heterocycles. The molecular weight excluding hydrogens is 228 g/mol. The molecule has 0 saturated heterocycles. The second-order valence-corrected chi connectivity index (χ2v) is 4.78. The zero-order valence-corrected chi connectivity index (χ0v) is 10.0. The minimum Gasteiger partial charge on any atom is -0.481 e. The molecule has 0 saturated carbocycles. The normalized spacial score (nSPS) is 12.4. The molecule has 16 heavy (non-hydrogen) atoms. The van der Waals surface area contributed by atoms with E-state index in [0.717, 1.165) is 0 Å². The van der Waals surface area contributed by atoms with Crippen LogP contribution in [0.1, 0.15) is 20.3 Å². The van der Waals surface area contributed by atoms with Crippen molar-refractivity contribution in [3.63, 3.8) is 0 Å². The van der Waals surface area contributed by atoms with Gasteiger partial charge in [0.1, 0.15) is 0 Å². The maximum atomic E-state index is 11.8. The lowest BCUT2D eigenvalue weighted by atomic mass is 10.3. The van der Waals surface area contributed by atoms with E-state index < -0.39 is 5.97 Å². The molecule has 88 valence electrons. The number of aromatic nitrogens is 2. The highest BCUT2D eigenvalue weighted by molar-refractivity contribution is 7.99. The average Bonchev–Trinajstić information content (AvgIpc) is 2.20. The van der Waals surface area contributed by atoms with Gasteiger partial charge in [0.05, 0.1) is 6.42 Å². The number of carbonyl (C=O) groups is 1. The van der Waals surface area contributed by atoms with Crippen LogP contribution in [0, 0.1) is 0 Å². The maximum Gasteiger partial charge on any atom is 0.304 e. The SMILES string of the molecule is CCn1ccnc(SC(C)CC(=O)O)c1=O. The van der Waals surface area contributed by atoms with E-state index in [2.05, 4.69) is 4.98 Å². The Morgan fingerprint density at radius 2 is 2.38 bits per heavy atom. The molecule has 6 heteroatoms. The molecule has 1 rings (SSSR count). The van der Waals surface area contributed by atoms with E-state index in [0.29, 0.717) is 11.6 Å². The minimum absolute atomic E-state index is 0.0206. The van der Waals surface area contributed by atoms with E-state index in [4.69, 9.17) is 5.11 Å². The van der Waals surface area contributed by atoms with E-state index >= 15 is 0 Å². The second kappa shape index (κ2) is 5.69. The Labute approximate surface area is 97.5 Å². The standard InChI is InChI=1S/C10H14N2O3S/c1-3-12-5-4-11-9(10(12)15)16-7(2)6-8(13)14/h4-5,7H,3,6H2,1-2H3,(H,13,14). The molecule has 0 radical (unpaired) electrons. The van der Waals surface area contributed by atoms with E-state index in [1.807, 2.05) is 6.92 Å². The van der Waals surface area contributed by atoms with Gasteiger partial charge in [0.15, 0.2) is 5.03 Å². The fraction of sp³-hybridized carbons (Fsp3) is 0.500. The number of hydrogen-bond acceptors (Lipinski definition) is 4. The fourth-order valence-electron chi connectivity index (χ4n) is 1.24. The van der Waals surface area contributed by atoms with Crippen LogP contribution in [0.3, 0.4) is 0 Å². The summed E-state index contributed by atoms with van der Waals surface area (Å²) in [5, 5.41) is 8.81. The molecule has 0 aromatic carbocycles. The number of aryl methyl sites for hydroxylation is 1. The zero-order valence-electron chi connectivity index (χ0n) is 9.21. The van der Waals surface area contributed by atoms with Crippen molar-refractivity contribution >= 4 is 17.7 Å². The van der Waals surface area contributed by atoms with Crippen LogP contribution in [0.4, 0.5) is 0 Å². The lowest BCUT2D eigenvalue weighted by Crippen LogP contribution is -2.22. The molecule has 1 atom stereocenters. The van der Waals surface area contributed by atoms with Crippen molar-refractivity contribution in [3.8, 4) is 0 Å². The summed E-state index contributed by atoms with van der Waals surface area (Å²) < 4.78 is 1.54. The number of rotatable bonds is 5. The average molecular weight is 242 g/mol. The van der Waals surface area contributed by atoms with Crippen molar-refractivity contribution in [1.82, 2.24) is 9.55 Å². The zero-order chi connectivity index (χ0) is 12.1. The van der Waals surface area contributed by atoms with Crippen LogP contribution in [0.2, 0.25) is 0 Å². The van der Waals surface area contributed by atoms with Gasteiger partial charge in [0, 0.05) is 24.2 Å². The Balaban J connectivity index is 2.81. The third kappa shape index (κ3) is 3.37. The summed E-state index contributed by atoms with van der Waals surface area (Å²) in [6.07, 6.45) is 3.20. The Morgan fingerprint density at radius 1 is 1.69 bits per heavy atom. The predicted molar refractivity (Wildman–Crippen MR) is 61.7 cm³/mol. The van der Waals surface area contributed by atoms with Crippen LogP contribution < -0.4 is 5.56 Å². The number of nitrogens with zero attached hydrogens (tertiary/aromatic N) is 2. The smallest absolute Gasteiger partial charge is 0.304 e. The van der Waals surface area contributed by atoms with Gasteiger partial charge in [-0.05, 0) is 6.92 Å². The molecule has 0 bridgehead atoms. The number of carboxylic acids is 1. The Kier molecular flexibility index (Phi) is 4.54. The first-order chi connectivity index (χ1) is 7.54. The van der Waals surface area contributed by atoms with Crippen molar-refractivity contribution in [1.29, 1.82) is 0 Å². The van der Waals surface area contributed by atoms with Gasteiger partial charge in [-0.2, -0.15) is 0 Å². The van der Waals surface area contributed by atoms with Gasteiger partial charge in [-0.1, -0.05) is 18.7 Å². The van der Waals surface area contributed by atoms with E-state index in [-0.39, 0.29) is 17.2 Å². The van der Waals surface area contributed by atoms with Crippen LogP contribution in [-0.2, 0) is 11.3 Å². The van der Waals surface area contributed by atoms with E-state index in [1.165, 1.54) is 11.8 Å². The van der Waals surface area contributed by atoms with Gasteiger partial charge < -0.3 is 9.67 Å². The molecule has 0 aliphatic heterocycles. The summed E-state index contributed by atoms with van der Waals surface area (Å²) in [5.74, 6) is -0.869. The van der Waals surface area contributed by atoms with Crippen LogP contribution in [-0.4, -0.2) is 25.9 Å². The van der Waals surface area contributed by atoms with Crippen LogP contribution >= 0.6 is 11.8 Å². The summed E-state index contributed by atoms with van der Waals surface area (Å²) in [4.78, 5) is 26.2. The largest absolute Gasteiger partial charge is 0.481 e. The van der Waals surface area contributed by atoms with E-state index in [1.54, 1.807) is 23.9 Å². The van der Waals surface area contributed by atoms with Crippen LogP contribution in [0.5, 0.6) is 0 Å². The van der Waals surface area contributed by atoms with Crippen LogP contribution in [0.25, 0.3) is 0 Å². The quantitative estimate of drug-likeness (QED) is 0.786. The third-order valence-corrected chi connectivity index (χ3v) is 3.07. The Bertz CT molecular complexity index is 430. The first-order valence-corrected chi connectivity index (χ1v) is 5.86. The predicted octanol–water partition coefficient (Wildman–Crippen LogP) is 1.22. The van der Waals surface area contributed by atoms with Gasteiger partial charge in [-0.25, -0.2) is 4.98 Å². The number of hydrogen-bond donors (Lipinski definition) is 1. The maximum absolute atomic E-state index is 11.8. The van der Waals surface area contributed by atoms with Gasteiger partial charge >= 0.3 is 5.97 Å². The van der Waals surface area contributed by atoms with Crippen molar-refractivity contribution < 1.29 is 9.90 Å². The van der Waals surface area contributed by atoms with Gasteiger partial charge in [-0.3, -0.25) is 9.59 Å². The number of aliphatic carboxylic acids is 1. The lowest BCUT2D eigenvalue weighted by Gasteiger charge is -2.08. The minimum atomic E-state index is -0.869. The molecule has 0 aliphatic carbocycles. The molecule has 5 nitrogen and oxygen atoms in total. The molecule has 0 aliphatic rings. The molecule has 1 aromatic rings. The summed E-state index contributed by atoms with van der Waals surface area (Å²) in [6.45, 7) is 4.22. The summed E-state index contributed by atoms with van der Waals surface area (Å²) in [7, 11) is 0. The summed E-state index contributed by atoms with van der Waals surface area (Å²) >= 11 is 1.20. The fourth-order valence-corrected chi connectivity index (χ4v) is 2.18. The first-order valence-electron chi connectivity index (χ1n) is 4.98. The van der Waals surface area contributed by atoms with E-state index in [9.17, 15) is 9.59 Å². The highest BCUT2D eigenvalue weighted by Gasteiger charge is 2.13. The number of thioether (sulfide) groups is 1. The van der Waals surface area contributed by atoms with Gasteiger partial charge in [0.2, 0.25) is 0 Å². The monoisotopic (exact) mass is 242 g/mol. The number of carboxylic acid groups (broad SMARTS) is 1. The summed E-state index contributed by atoms with van der Waals surface area (Å²) in [6, 6.07) is 0. The van der Waals surface area contributed by atoms with Crippen molar-refractivity contribution in [2.75, 3.05) is 0 Å². The summed E-state index contributed by atoms with van der Waals surface area (Å²) in [5.41, 5.74) is -0.160. The van der Waals surface area contributed by atoms with Crippen molar-refractivity contribution in [3.05, 3.63) is 22.7 Å². The van der Waals surface area contributed by atoms with Crippen molar-refractivity contribution in [2.24, 2.45) is 0 Å². The van der Waals surface area contributed by atoms with Crippen LogP contribution in [0.15, 0.2) is 22.2 Å². The molecule has 1 N–H and O–H groups in total. The Morgan fingerprint density at radius 3 is 2.94 bits per heavy atom. The van der Waals surface area contributed by atoms with Gasteiger partial charge in [0.25, 0.3) is 5.56 Å². The van der Waals surface area contributed by atoms with Crippen molar-refractivity contribution in [2.45, 2.75) is 37.1 Å². The Hall–Kier alpha value is -1.30. The molecule has 0 fully saturated rings. The molecule has 0 spiro atoms. The molecule has 1 heterocycles. The highest BCUT2D eigenvalue weighted by Crippen LogP contribution is 2.19. The molecule has 1 unspecified atom stereocenters. The second-order valence-electron chi connectivity index (χ2n) is 3.35. The lowest BCUT2D eigenvalue weighted by molar-refractivity contribution is -0.136. The first kappa shape index (κ1) is 12.8. The molecular formula is C10H14N2O3S. The van der Waals surface area contributed by atoms with Gasteiger partial charge in [-0.15, -0.1) is 0 Å². The molecule has 0 amide bonds. The highest BCUT2D eigenvalue weighted by atomic mass is 32.2. The topological polar surface area (TPSA) is 72.2 Å².